The summed E-state index contributed by atoms with van der Waals surface area (Å²) in [7, 11) is 0. The number of amides is 1. The van der Waals surface area contributed by atoms with Crippen molar-refractivity contribution in [2.75, 3.05) is 4.90 Å². The molecule has 0 saturated carbocycles. The molecule has 6 rings (SSSR count). The van der Waals surface area contributed by atoms with Crippen molar-refractivity contribution in [2.45, 2.75) is 32.4 Å². The van der Waals surface area contributed by atoms with Gasteiger partial charge in [-0.25, -0.2) is 4.98 Å². The number of hydrogen-bond acceptors (Lipinski definition) is 6. The average Bonchev–Trinajstić information content (AvgIpc) is 3.51. The van der Waals surface area contributed by atoms with E-state index in [1.807, 2.05) is 38.1 Å². The van der Waals surface area contributed by atoms with Gasteiger partial charge in [0.1, 0.15) is 17.6 Å². The number of carbonyl (C=O) groups excluding carboxylic acids is 2. The van der Waals surface area contributed by atoms with Crippen molar-refractivity contribution in [1.82, 2.24) is 4.98 Å². The van der Waals surface area contributed by atoms with E-state index in [4.69, 9.17) is 16.3 Å². The van der Waals surface area contributed by atoms with Crippen LogP contribution in [0.2, 0.25) is 5.02 Å². The van der Waals surface area contributed by atoms with Gasteiger partial charge in [0, 0.05) is 17.0 Å². The van der Waals surface area contributed by atoms with E-state index < -0.39 is 17.7 Å². The first-order valence-corrected chi connectivity index (χ1v) is 12.7. The van der Waals surface area contributed by atoms with Crippen LogP contribution in [0, 0.1) is 6.92 Å². The Hall–Kier alpha value is -3.68. The summed E-state index contributed by atoms with van der Waals surface area (Å²) in [6.07, 6.45) is 0.746. The minimum absolute atomic E-state index is 0.0182. The molecule has 3 aromatic carbocycles. The largest absolute Gasteiger partial charge is 0.507 e. The first-order chi connectivity index (χ1) is 17.3. The van der Waals surface area contributed by atoms with Crippen LogP contribution in [0.3, 0.4) is 0 Å². The minimum Gasteiger partial charge on any atom is -0.507 e. The van der Waals surface area contributed by atoms with Crippen molar-refractivity contribution in [3.05, 3.63) is 93.5 Å². The fraction of sp³-hybridized carbons (Fsp3) is 0.179. The summed E-state index contributed by atoms with van der Waals surface area (Å²) in [5.41, 5.74) is 3.89. The summed E-state index contributed by atoms with van der Waals surface area (Å²) >= 11 is 7.46. The summed E-state index contributed by atoms with van der Waals surface area (Å²) < 4.78 is 6.68. The molecule has 2 aliphatic heterocycles. The van der Waals surface area contributed by atoms with Crippen molar-refractivity contribution >= 4 is 55.7 Å². The second kappa shape index (κ2) is 8.47. The third-order valence-corrected chi connectivity index (χ3v) is 7.81. The van der Waals surface area contributed by atoms with E-state index >= 15 is 0 Å². The van der Waals surface area contributed by atoms with Crippen molar-refractivity contribution in [1.29, 1.82) is 0 Å². The lowest BCUT2D eigenvalue weighted by molar-refractivity contribution is -0.132. The van der Waals surface area contributed by atoms with Gasteiger partial charge in [-0.15, -0.1) is 0 Å². The van der Waals surface area contributed by atoms with Crippen LogP contribution in [0.1, 0.15) is 35.2 Å². The molecule has 0 aliphatic carbocycles. The zero-order valence-electron chi connectivity index (χ0n) is 19.5. The SMILES string of the molecule is Cc1ccc2nc(N3C(=O)C(=O)C(=C(O)c4ccc5c(c4)C[C@@H](C)O5)[C@@H]3c3ccc(Cl)cc3)sc2c1. The molecule has 1 aromatic heterocycles. The lowest BCUT2D eigenvalue weighted by Crippen LogP contribution is -2.29. The third-order valence-electron chi connectivity index (χ3n) is 6.54. The standard InChI is InChI=1S/C28H21ClN2O4S/c1-14-3-9-20-22(11-14)36-28(30-20)31-24(16-4-7-19(29)8-5-16)23(26(33)27(31)34)25(32)17-6-10-21-18(13-17)12-15(2)35-21/h3-11,13,15,24,32H,12H2,1-2H3/t15-,24+/m1/s1. The highest BCUT2D eigenvalue weighted by Crippen LogP contribution is 2.45. The summed E-state index contributed by atoms with van der Waals surface area (Å²) in [6.45, 7) is 3.96. The smallest absolute Gasteiger partial charge is 0.301 e. The van der Waals surface area contributed by atoms with Crippen LogP contribution >= 0.6 is 22.9 Å². The van der Waals surface area contributed by atoms with E-state index in [9.17, 15) is 14.7 Å². The highest BCUT2D eigenvalue weighted by Gasteiger charge is 2.48. The van der Waals surface area contributed by atoms with Crippen molar-refractivity contribution in [2.24, 2.45) is 0 Å². The van der Waals surface area contributed by atoms with Crippen molar-refractivity contribution in [3.63, 3.8) is 0 Å². The number of aliphatic hydroxyl groups excluding tert-OH is 1. The predicted octanol–water partition coefficient (Wildman–Crippen LogP) is 6.21. The summed E-state index contributed by atoms with van der Waals surface area (Å²) in [6, 6.07) is 17.2. The number of hydrogen-bond donors (Lipinski definition) is 1. The van der Waals surface area contributed by atoms with Crippen LogP contribution in [-0.4, -0.2) is 27.9 Å². The Morgan fingerprint density at radius 2 is 1.89 bits per heavy atom. The number of aryl methyl sites for hydroxylation is 1. The van der Waals surface area contributed by atoms with Crippen molar-refractivity contribution in [3.8, 4) is 5.75 Å². The summed E-state index contributed by atoms with van der Waals surface area (Å²) in [4.78, 5) is 32.9. The third kappa shape index (κ3) is 3.67. The van der Waals surface area contributed by atoms with E-state index in [1.165, 1.54) is 16.2 Å². The molecule has 1 N–H and O–H groups in total. The van der Waals surface area contributed by atoms with Gasteiger partial charge in [0.2, 0.25) is 0 Å². The molecule has 3 heterocycles. The predicted molar refractivity (Wildman–Crippen MR) is 141 cm³/mol. The monoisotopic (exact) mass is 516 g/mol. The Balaban J connectivity index is 1.53. The Labute approximate surface area is 216 Å². The zero-order chi connectivity index (χ0) is 25.1. The number of ether oxygens (including phenoxy) is 1. The van der Waals surface area contributed by atoms with Crippen LogP contribution in [0.4, 0.5) is 5.13 Å². The van der Waals surface area contributed by atoms with Gasteiger partial charge in [-0.2, -0.15) is 0 Å². The number of fused-ring (bicyclic) bond motifs is 2. The van der Waals surface area contributed by atoms with Gasteiger partial charge in [0.15, 0.2) is 5.13 Å². The van der Waals surface area contributed by atoms with Gasteiger partial charge in [-0.1, -0.05) is 41.1 Å². The number of rotatable bonds is 3. The number of benzene rings is 3. The fourth-order valence-corrected chi connectivity index (χ4v) is 6.05. The van der Waals surface area contributed by atoms with Gasteiger partial charge in [-0.3, -0.25) is 14.5 Å². The first-order valence-electron chi connectivity index (χ1n) is 11.5. The molecular formula is C28H21ClN2O4S. The Morgan fingerprint density at radius 1 is 1.11 bits per heavy atom. The maximum absolute atomic E-state index is 13.4. The van der Waals surface area contributed by atoms with E-state index in [-0.39, 0.29) is 17.4 Å². The molecule has 180 valence electrons. The number of ketones is 1. The number of carbonyl (C=O) groups is 2. The molecular weight excluding hydrogens is 496 g/mol. The maximum atomic E-state index is 13.4. The van der Waals surface area contributed by atoms with Gasteiger partial charge in [0.25, 0.3) is 5.78 Å². The van der Waals surface area contributed by atoms with E-state index in [0.29, 0.717) is 27.7 Å². The van der Waals surface area contributed by atoms with Gasteiger partial charge < -0.3 is 9.84 Å². The summed E-state index contributed by atoms with van der Waals surface area (Å²) in [5.74, 6) is -0.952. The van der Waals surface area contributed by atoms with E-state index in [1.54, 1.807) is 36.4 Å². The first kappa shape index (κ1) is 22.8. The lowest BCUT2D eigenvalue weighted by Gasteiger charge is -2.23. The van der Waals surface area contributed by atoms with E-state index in [2.05, 4.69) is 4.98 Å². The molecule has 0 unspecified atom stereocenters. The molecule has 2 atom stereocenters. The number of thiazole rings is 1. The Kier molecular flexibility index (Phi) is 5.35. The zero-order valence-corrected chi connectivity index (χ0v) is 21.1. The number of aliphatic hydroxyl groups is 1. The molecule has 6 nitrogen and oxygen atoms in total. The van der Waals surface area contributed by atoms with Gasteiger partial charge in [0.05, 0.1) is 21.8 Å². The van der Waals surface area contributed by atoms with Crippen molar-refractivity contribution < 1.29 is 19.4 Å². The fourth-order valence-electron chi connectivity index (χ4n) is 4.84. The molecule has 36 heavy (non-hydrogen) atoms. The lowest BCUT2D eigenvalue weighted by atomic mass is 9.94. The number of anilines is 1. The summed E-state index contributed by atoms with van der Waals surface area (Å²) in [5, 5.41) is 12.4. The quantitative estimate of drug-likeness (QED) is 0.199. The number of halogens is 1. The van der Waals surface area contributed by atoms with Gasteiger partial charge in [-0.05, 0) is 73.0 Å². The van der Waals surface area contributed by atoms with Crippen LogP contribution in [0.25, 0.3) is 16.0 Å². The highest BCUT2D eigenvalue weighted by molar-refractivity contribution is 7.22. The number of nitrogens with zero attached hydrogens (tertiary/aromatic N) is 2. The molecule has 0 bridgehead atoms. The molecule has 8 heteroatoms. The molecule has 1 saturated heterocycles. The molecule has 4 aromatic rings. The molecule has 2 aliphatic rings. The van der Waals surface area contributed by atoms with Crippen LogP contribution < -0.4 is 9.64 Å². The normalized spacial score (nSPS) is 20.7. The average molecular weight is 517 g/mol. The second-order valence-corrected chi connectivity index (χ2v) is 10.6. The number of aromatic nitrogens is 1. The van der Waals surface area contributed by atoms with Crippen LogP contribution in [-0.2, 0) is 16.0 Å². The molecule has 0 spiro atoms. The Morgan fingerprint density at radius 3 is 2.67 bits per heavy atom. The topological polar surface area (TPSA) is 79.7 Å². The Bertz CT molecular complexity index is 1590. The molecule has 0 radical (unpaired) electrons. The molecule has 1 amide bonds. The van der Waals surface area contributed by atoms with Gasteiger partial charge >= 0.3 is 5.91 Å². The van der Waals surface area contributed by atoms with E-state index in [0.717, 1.165) is 27.1 Å². The second-order valence-electron chi connectivity index (χ2n) is 9.14. The highest BCUT2D eigenvalue weighted by atomic mass is 35.5. The maximum Gasteiger partial charge on any atom is 0.301 e. The molecule has 1 fully saturated rings. The van der Waals surface area contributed by atoms with Crippen LogP contribution in [0.15, 0.2) is 66.2 Å². The minimum atomic E-state index is -0.854. The van der Waals surface area contributed by atoms with Crippen LogP contribution in [0.5, 0.6) is 5.75 Å². The number of Topliss-reactive ketones (excluding diaryl/α,β-unsaturated/α-hetero) is 1.